The summed E-state index contributed by atoms with van der Waals surface area (Å²) in [5, 5.41) is 3.50. The molecule has 0 saturated carbocycles. The highest BCUT2D eigenvalue weighted by Crippen LogP contribution is 2.28. The van der Waals surface area contributed by atoms with Crippen molar-refractivity contribution in [3.8, 4) is 0 Å². The van der Waals surface area contributed by atoms with E-state index in [2.05, 4.69) is 17.2 Å². The molecule has 2 aromatic rings. The van der Waals surface area contributed by atoms with Crippen molar-refractivity contribution in [3.63, 3.8) is 0 Å². The molecule has 106 valence electrons. The number of benzene rings is 1. The van der Waals surface area contributed by atoms with Gasteiger partial charge < -0.3 is 5.32 Å². The van der Waals surface area contributed by atoms with Gasteiger partial charge in [0, 0.05) is 17.5 Å². The minimum Gasteiger partial charge on any atom is -0.306 e. The molecule has 1 N–H and O–H groups in total. The maximum Gasteiger partial charge on any atom is 0.146 e. The van der Waals surface area contributed by atoms with E-state index in [1.54, 1.807) is 24.4 Å². The van der Waals surface area contributed by atoms with Crippen LogP contribution in [0, 0.1) is 12.7 Å². The van der Waals surface area contributed by atoms with Gasteiger partial charge in [-0.3, -0.25) is 4.98 Å². The molecule has 20 heavy (non-hydrogen) atoms. The third-order valence-corrected chi connectivity index (χ3v) is 3.45. The Morgan fingerprint density at radius 2 is 2.10 bits per heavy atom. The molecule has 0 spiro atoms. The van der Waals surface area contributed by atoms with Crippen LogP contribution in [0.15, 0.2) is 36.5 Å². The Morgan fingerprint density at radius 1 is 1.30 bits per heavy atom. The Labute approximate surface area is 124 Å². The molecule has 2 nitrogen and oxygen atoms in total. The predicted octanol–water partition coefficient (Wildman–Crippen LogP) is 4.27. The molecule has 0 radical (unpaired) electrons. The monoisotopic (exact) mass is 292 g/mol. The third-order valence-electron chi connectivity index (χ3n) is 3.16. The highest BCUT2D eigenvalue weighted by Gasteiger charge is 2.19. The molecule has 1 aromatic heterocycles. The fourth-order valence-electron chi connectivity index (χ4n) is 2.09. The van der Waals surface area contributed by atoms with Crippen molar-refractivity contribution < 1.29 is 4.39 Å². The molecule has 4 heteroatoms. The normalized spacial score (nSPS) is 12.4. The van der Waals surface area contributed by atoms with Gasteiger partial charge in [0.25, 0.3) is 0 Å². The Kier molecular flexibility index (Phi) is 5.10. The average molecular weight is 293 g/mol. The zero-order valence-electron chi connectivity index (χ0n) is 11.7. The van der Waals surface area contributed by atoms with Gasteiger partial charge in [0.05, 0.1) is 11.1 Å². The van der Waals surface area contributed by atoms with Crippen molar-refractivity contribution in [3.05, 3.63) is 64.2 Å². The van der Waals surface area contributed by atoms with Crippen LogP contribution in [0.3, 0.4) is 0 Å². The van der Waals surface area contributed by atoms with E-state index in [1.165, 1.54) is 0 Å². The van der Waals surface area contributed by atoms with Crippen LogP contribution in [0.5, 0.6) is 0 Å². The summed E-state index contributed by atoms with van der Waals surface area (Å²) in [7, 11) is 0. The summed E-state index contributed by atoms with van der Waals surface area (Å²) in [6.45, 7) is 4.80. The van der Waals surface area contributed by atoms with Gasteiger partial charge in [-0.25, -0.2) is 4.39 Å². The molecule has 0 aliphatic carbocycles. The molecule has 0 fully saturated rings. The van der Waals surface area contributed by atoms with Crippen LogP contribution in [0.2, 0.25) is 5.02 Å². The van der Waals surface area contributed by atoms with E-state index >= 15 is 0 Å². The summed E-state index contributed by atoms with van der Waals surface area (Å²) < 4.78 is 14.3. The molecule has 0 bridgehead atoms. The largest absolute Gasteiger partial charge is 0.306 e. The van der Waals surface area contributed by atoms with Crippen LogP contribution in [0.25, 0.3) is 0 Å². The maximum absolute atomic E-state index is 14.3. The van der Waals surface area contributed by atoms with Crippen LogP contribution in [0.4, 0.5) is 4.39 Å². The number of pyridine rings is 1. The highest BCUT2D eigenvalue weighted by atomic mass is 35.5. The molecule has 0 saturated heterocycles. The average Bonchev–Trinajstić information content (AvgIpc) is 2.45. The maximum atomic E-state index is 14.3. The first-order chi connectivity index (χ1) is 9.63. The number of halogens is 2. The van der Waals surface area contributed by atoms with Crippen LogP contribution < -0.4 is 5.32 Å². The molecule has 1 heterocycles. The number of hydrogen-bond acceptors (Lipinski definition) is 2. The Hall–Kier alpha value is -1.45. The minimum atomic E-state index is -0.372. The van der Waals surface area contributed by atoms with E-state index in [0.29, 0.717) is 5.56 Å². The second kappa shape index (κ2) is 6.82. The van der Waals surface area contributed by atoms with Crippen LogP contribution in [-0.2, 0) is 0 Å². The lowest BCUT2D eigenvalue weighted by atomic mass is 9.99. The summed E-state index contributed by atoms with van der Waals surface area (Å²) >= 11 is 5.89. The third kappa shape index (κ3) is 3.35. The topological polar surface area (TPSA) is 24.9 Å². The lowest BCUT2D eigenvalue weighted by molar-refractivity contribution is 0.546. The quantitative estimate of drug-likeness (QED) is 0.890. The van der Waals surface area contributed by atoms with Gasteiger partial charge in [-0.2, -0.15) is 0 Å². The molecule has 1 atom stereocenters. The summed E-state index contributed by atoms with van der Waals surface area (Å²) in [5.74, 6) is -0.372. The van der Waals surface area contributed by atoms with E-state index in [4.69, 9.17) is 11.6 Å². The molecule has 0 aliphatic heterocycles. The van der Waals surface area contributed by atoms with E-state index in [0.717, 1.165) is 24.2 Å². The van der Waals surface area contributed by atoms with Gasteiger partial charge in [-0.1, -0.05) is 36.7 Å². The van der Waals surface area contributed by atoms with Crippen LogP contribution in [-0.4, -0.2) is 11.5 Å². The molecule has 1 aromatic carbocycles. The van der Waals surface area contributed by atoms with Crippen molar-refractivity contribution in [1.82, 2.24) is 10.3 Å². The first kappa shape index (κ1) is 14.9. The molecule has 0 amide bonds. The van der Waals surface area contributed by atoms with Crippen LogP contribution >= 0.6 is 11.6 Å². The highest BCUT2D eigenvalue weighted by molar-refractivity contribution is 6.30. The van der Waals surface area contributed by atoms with E-state index in [-0.39, 0.29) is 16.9 Å². The van der Waals surface area contributed by atoms with E-state index < -0.39 is 0 Å². The van der Waals surface area contributed by atoms with Crippen molar-refractivity contribution in [2.24, 2.45) is 0 Å². The van der Waals surface area contributed by atoms with Crippen molar-refractivity contribution >= 4 is 11.6 Å². The SMILES string of the molecule is CCCNC(c1ccc(C)nc1)c1cccc(Cl)c1F. The fourth-order valence-corrected chi connectivity index (χ4v) is 2.27. The van der Waals surface area contributed by atoms with Crippen molar-refractivity contribution in [2.75, 3.05) is 6.54 Å². The molecular weight excluding hydrogens is 275 g/mol. The first-order valence-electron chi connectivity index (χ1n) is 6.73. The molecular formula is C16H18ClFN2. The van der Waals surface area contributed by atoms with Gasteiger partial charge in [-0.05, 0) is 37.6 Å². The number of aryl methyl sites for hydroxylation is 1. The van der Waals surface area contributed by atoms with Crippen molar-refractivity contribution in [1.29, 1.82) is 0 Å². The van der Waals surface area contributed by atoms with Gasteiger partial charge >= 0.3 is 0 Å². The number of hydrogen-bond donors (Lipinski definition) is 1. The van der Waals surface area contributed by atoms with E-state index in [9.17, 15) is 4.39 Å². The molecule has 2 rings (SSSR count). The summed E-state index contributed by atoms with van der Waals surface area (Å²) in [5.41, 5.74) is 2.43. The lowest BCUT2D eigenvalue weighted by Crippen LogP contribution is -2.24. The smallest absolute Gasteiger partial charge is 0.146 e. The standard InChI is InChI=1S/C16H18ClFN2/c1-3-9-19-16(12-8-7-11(2)20-10-12)13-5-4-6-14(17)15(13)18/h4-8,10,16,19H,3,9H2,1-2H3. The number of nitrogens with one attached hydrogen (secondary N) is 1. The number of rotatable bonds is 5. The number of nitrogens with zero attached hydrogens (tertiary/aromatic N) is 1. The fraction of sp³-hybridized carbons (Fsp3) is 0.312. The second-order valence-electron chi connectivity index (χ2n) is 4.76. The Morgan fingerprint density at radius 3 is 2.75 bits per heavy atom. The predicted molar refractivity (Wildman–Crippen MR) is 80.5 cm³/mol. The first-order valence-corrected chi connectivity index (χ1v) is 7.11. The zero-order valence-corrected chi connectivity index (χ0v) is 12.4. The second-order valence-corrected chi connectivity index (χ2v) is 5.17. The van der Waals surface area contributed by atoms with Crippen molar-refractivity contribution in [2.45, 2.75) is 26.3 Å². The molecule has 0 aliphatic rings. The summed E-state index contributed by atoms with van der Waals surface area (Å²) in [4.78, 5) is 4.29. The Balaban J connectivity index is 2.41. The van der Waals surface area contributed by atoms with Gasteiger partial charge in [0.1, 0.15) is 5.82 Å². The minimum absolute atomic E-state index is 0.144. The van der Waals surface area contributed by atoms with E-state index in [1.807, 2.05) is 19.1 Å². The van der Waals surface area contributed by atoms with Gasteiger partial charge in [-0.15, -0.1) is 0 Å². The molecule has 1 unspecified atom stereocenters. The Bertz CT molecular complexity index is 569. The van der Waals surface area contributed by atoms with Gasteiger partial charge in [0.2, 0.25) is 0 Å². The van der Waals surface area contributed by atoms with Gasteiger partial charge in [0.15, 0.2) is 0 Å². The summed E-state index contributed by atoms with van der Waals surface area (Å²) in [6, 6.07) is 8.75. The zero-order chi connectivity index (χ0) is 14.5. The lowest BCUT2D eigenvalue weighted by Gasteiger charge is -2.20. The summed E-state index contributed by atoms with van der Waals surface area (Å²) in [6.07, 6.45) is 2.75. The van der Waals surface area contributed by atoms with Crippen LogP contribution in [0.1, 0.15) is 36.2 Å². The number of aromatic nitrogens is 1.